The van der Waals surface area contributed by atoms with Crippen LogP contribution in [0.3, 0.4) is 0 Å². The van der Waals surface area contributed by atoms with E-state index >= 15 is 0 Å². The minimum atomic E-state index is 0.414. The van der Waals surface area contributed by atoms with E-state index in [0.717, 1.165) is 15.8 Å². The topological polar surface area (TPSA) is 68.6 Å². The van der Waals surface area contributed by atoms with Crippen LogP contribution in [0.4, 0.5) is 5.95 Å². The summed E-state index contributed by atoms with van der Waals surface area (Å²) in [6, 6.07) is 5.47. The highest BCUT2D eigenvalue weighted by Crippen LogP contribution is 2.23. The molecule has 0 fully saturated rings. The summed E-state index contributed by atoms with van der Waals surface area (Å²) in [6.45, 7) is 0. The molecule has 0 radical (unpaired) electrons. The van der Waals surface area contributed by atoms with Gasteiger partial charge in [0, 0.05) is 24.0 Å². The van der Waals surface area contributed by atoms with Crippen molar-refractivity contribution in [2.45, 2.75) is 0 Å². The average molecular weight is 337 g/mol. The molecule has 0 bridgehead atoms. The molecule has 1 N–H and O–H groups in total. The van der Waals surface area contributed by atoms with Crippen LogP contribution >= 0.6 is 15.9 Å². The van der Waals surface area contributed by atoms with Gasteiger partial charge in [0.25, 0.3) is 0 Å². The van der Waals surface area contributed by atoms with Crippen molar-refractivity contribution in [1.82, 2.24) is 9.97 Å². The van der Waals surface area contributed by atoms with Gasteiger partial charge in [0.15, 0.2) is 0 Å². The van der Waals surface area contributed by atoms with E-state index in [1.165, 1.54) is 0 Å². The van der Waals surface area contributed by atoms with E-state index in [9.17, 15) is 0 Å². The number of hydrogen-bond donors (Lipinski definition) is 1. The summed E-state index contributed by atoms with van der Waals surface area (Å²) in [6.07, 6.45) is 4.90. The van der Waals surface area contributed by atoms with Gasteiger partial charge < -0.3 is 9.47 Å². The first-order valence-corrected chi connectivity index (χ1v) is 6.51. The largest absolute Gasteiger partial charge is 0.497 e. The van der Waals surface area contributed by atoms with E-state index in [0.29, 0.717) is 11.7 Å². The van der Waals surface area contributed by atoms with E-state index in [1.807, 2.05) is 12.1 Å². The number of methoxy groups -OCH3 is 2. The zero-order chi connectivity index (χ0) is 14.4. The van der Waals surface area contributed by atoms with Crippen molar-refractivity contribution in [3.05, 3.63) is 40.6 Å². The van der Waals surface area contributed by atoms with Crippen LogP contribution in [0.25, 0.3) is 0 Å². The highest BCUT2D eigenvalue weighted by atomic mass is 79.9. The van der Waals surface area contributed by atoms with Crippen LogP contribution in [-0.2, 0) is 0 Å². The van der Waals surface area contributed by atoms with Gasteiger partial charge in [0.1, 0.15) is 11.5 Å². The van der Waals surface area contributed by atoms with Gasteiger partial charge in [-0.05, 0) is 28.1 Å². The molecule has 20 heavy (non-hydrogen) atoms. The Morgan fingerprint density at radius 1 is 1.20 bits per heavy atom. The predicted molar refractivity (Wildman–Crippen MR) is 80.5 cm³/mol. The lowest BCUT2D eigenvalue weighted by Crippen LogP contribution is -1.97. The first-order valence-electron chi connectivity index (χ1n) is 5.71. The van der Waals surface area contributed by atoms with Crippen LogP contribution in [0.1, 0.15) is 5.56 Å². The number of halogens is 1. The second-order valence-corrected chi connectivity index (χ2v) is 4.62. The third-order valence-electron chi connectivity index (χ3n) is 2.43. The Hall–Kier alpha value is -2.15. The van der Waals surface area contributed by atoms with Crippen LogP contribution in [0.5, 0.6) is 11.5 Å². The zero-order valence-corrected chi connectivity index (χ0v) is 12.6. The molecule has 0 amide bonds. The van der Waals surface area contributed by atoms with Crippen LogP contribution in [0, 0.1) is 0 Å². The van der Waals surface area contributed by atoms with Crippen LogP contribution < -0.4 is 14.9 Å². The molecule has 2 aromatic rings. The number of anilines is 1. The number of benzene rings is 1. The van der Waals surface area contributed by atoms with Crippen LogP contribution in [0.2, 0.25) is 0 Å². The minimum Gasteiger partial charge on any atom is -0.497 e. The molecule has 7 heteroatoms. The molecular weight excluding hydrogens is 324 g/mol. The summed E-state index contributed by atoms with van der Waals surface area (Å²) >= 11 is 3.26. The van der Waals surface area contributed by atoms with Crippen molar-refractivity contribution in [1.29, 1.82) is 0 Å². The third-order valence-corrected chi connectivity index (χ3v) is 2.84. The molecule has 2 rings (SSSR count). The van der Waals surface area contributed by atoms with Crippen molar-refractivity contribution >= 4 is 28.1 Å². The van der Waals surface area contributed by atoms with Gasteiger partial charge in [0.2, 0.25) is 5.95 Å². The molecule has 0 aliphatic carbocycles. The number of rotatable bonds is 5. The van der Waals surface area contributed by atoms with Crippen molar-refractivity contribution < 1.29 is 9.47 Å². The fourth-order valence-corrected chi connectivity index (χ4v) is 1.66. The molecule has 0 unspecified atom stereocenters. The van der Waals surface area contributed by atoms with Gasteiger partial charge in [-0.1, -0.05) is 0 Å². The Bertz CT molecular complexity index is 602. The Labute approximate surface area is 125 Å². The molecule has 0 saturated heterocycles. The normalized spacial score (nSPS) is 10.6. The lowest BCUT2D eigenvalue weighted by atomic mass is 10.2. The van der Waals surface area contributed by atoms with Gasteiger partial charge in [0.05, 0.1) is 24.9 Å². The van der Waals surface area contributed by atoms with E-state index in [-0.39, 0.29) is 0 Å². The Balaban J connectivity index is 2.09. The van der Waals surface area contributed by atoms with Gasteiger partial charge in [-0.25, -0.2) is 15.4 Å². The lowest BCUT2D eigenvalue weighted by molar-refractivity contribution is 0.394. The Kier molecular flexibility index (Phi) is 4.89. The molecular formula is C13H13BrN4O2. The van der Waals surface area contributed by atoms with Crippen molar-refractivity contribution in [2.75, 3.05) is 19.6 Å². The molecule has 1 aromatic heterocycles. The predicted octanol–water partition coefficient (Wildman–Crippen LogP) is 2.70. The van der Waals surface area contributed by atoms with Crippen molar-refractivity contribution in [2.24, 2.45) is 5.10 Å². The maximum absolute atomic E-state index is 5.27. The molecule has 104 valence electrons. The maximum Gasteiger partial charge on any atom is 0.243 e. The van der Waals surface area contributed by atoms with Gasteiger partial charge >= 0.3 is 0 Å². The number of ether oxygens (including phenoxy) is 2. The molecule has 6 nitrogen and oxygen atoms in total. The first-order chi connectivity index (χ1) is 9.72. The van der Waals surface area contributed by atoms with Crippen molar-refractivity contribution in [3.63, 3.8) is 0 Å². The van der Waals surface area contributed by atoms with Crippen LogP contribution in [-0.4, -0.2) is 30.4 Å². The van der Waals surface area contributed by atoms with E-state index in [2.05, 4.69) is 36.4 Å². The second kappa shape index (κ2) is 6.85. The summed E-state index contributed by atoms with van der Waals surface area (Å²) in [7, 11) is 3.20. The highest BCUT2D eigenvalue weighted by Gasteiger charge is 2.02. The third kappa shape index (κ3) is 3.67. The van der Waals surface area contributed by atoms with E-state index in [4.69, 9.17) is 9.47 Å². The molecule has 0 aliphatic rings. The second-order valence-electron chi connectivity index (χ2n) is 3.70. The Morgan fingerprint density at radius 3 is 2.60 bits per heavy atom. The summed E-state index contributed by atoms with van der Waals surface area (Å²) in [4.78, 5) is 8.09. The minimum absolute atomic E-state index is 0.414. The number of aromatic nitrogens is 2. The van der Waals surface area contributed by atoms with E-state index < -0.39 is 0 Å². The molecule has 0 spiro atoms. The van der Waals surface area contributed by atoms with Crippen molar-refractivity contribution in [3.8, 4) is 11.5 Å². The number of hydrazone groups is 1. The summed E-state index contributed by atoms with van der Waals surface area (Å²) in [5, 5.41) is 4.07. The lowest BCUT2D eigenvalue weighted by Gasteiger charge is -2.06. The first kappa shape index (κ1) is 14.3. The monoisotopic (exact) mass is 336 g/mol. The number of hydrogen-bond acceptors (Lipinski definition) is 6. The number of nitrogens with zero attached hydrogens (tertiary/aromatic N) is 3. The van der Waals surface area contributed by atoms with Gasteiger partial charge in [-0.2, -0.15) is 5.10 Å². The molecule has 1 heterocycles. The molecule has 1 aromatic carbocycles. The smallest absolute Gasteiger partial charge is 0.243 e. The standard InChI is InChI=1S/C13H13BrN4O2/c1-19-11-4-3-9(12(5-11)20-2)6-17-18-13-15-7-10(14)8-16-13/h3-8H,1-2H3,(H,15,16,18)/b17-6-. The fraction of sp³-hybridized carbons (Fsp3) is 0.154. The zero-order valence-electron chi connectivity index (χ0n) is 11.0. The molecule has 0 atom stereocenters. The number of nitrogens with one attached hydrogen (secondary N) is 1. The van der Waals surface area contributed by atoms with Gasteiger partial charge in [-0.15, -0.1) is 0 Å². The summed E-state index contributed by atoms with van der Waals surface area (Å²) in [5.74, 6) is 1.81. The van der Waals surface area contributed by atoms with E-state index in [1.54, 1.807) is 38.9 Å². The SMILES string of the molecule is COc1ccc(/C=N\Nc2ncc(Br)cn2)c(OC)c1. The quantitative estimate of drug-likeness (QED) is 0.671. The average Bonchev–Trinajstić information content (AvgIpc) is 2.49. The Morgan fingerprint density at radius 2 is 1.95 bits per heavy atom. The summed E-state index contributed by atoms with van der Waals surface area (Å²) < 4.78 is 11.2. The summed E-state index contributed by atoms with van der Waals surface area (Å²) in [5.41, 5.74) is 3.56. The fourth-order valence-electron chi connectivity index (χ4n) is 1.45. The van der Waals surface area contributed by atoms with Gasteiger partial charge in [-0.3, -0.25) is 0 Å². The molecule has 0 saturated carbocycles. The maximum atomic E-state index is 5.27. The highest BCUT2D eigenvalue weighted by molar-refractivity contribution is 9.10. The van der Waals surface area contributed by atoms with Crippen LogP contribution in [0.15, 0.2) is 40.2 Å². The molecule has 0 aliphatic heterocycles.